The van der Waals surface area contributed by atoms with Crippen LogP contribution in [0.5, 0.6) is 0 Å². The highest BCUT2D eigenvalue weighted by atomic mass is 32.2. The molecule has 0 spiro atoms. The summed E-state index contributed by atoms with van der Waals surface area (Å²) in [7, 11) is -2.94. The molecule has 0 unspecified atom stereocenters. The van der Waals surface area contributed by atoms with Crippen molar-refractivity contribution in [1.82, 2.24) is 4.98 Å². The first-order chi connectivity index (χ1) is 7.96. The SMILES string of the molecule is O=S1(=O)CCC(Nc2ncc(F)cc2F)CC1. The number of rotatable bonds is 2. The quantitative estimate of drug-likeness (QED) is 0.874. The number of hydrogen-bond donors (Lipinski definition) is 1. The van der Waals surface area contributed by atoms with Gasteiger partial charge in [-0.25, -0.2) is 22.2 Å². The van der Waals surface area contributed by atoms with Crippen LogP contribution in [0.2, 0.25) is 0 Å². The van der Waals surface area contributed by atoms with Crippen molar-refractivity contribution in [2.45, 2.75) is 18.9 Å². The summed E-state index contributed by atoms with van der Waals surface area (Å²) in [6.45, 7) is 0. The van der Waals surface area contributed by atoms with E-state index in [2.05, 4.69) is 10.3 Å². The Morgan fingerprint density at radius 2 is 1.94 bits per heavy atom. The summed E-state index contributed by atoms with van der Waals surface area (Å²) in [5.74, 6) is -1.35. The molecule has 1 aromatic heterocycles. The summed E-state index contributed by atoms with van der Waals surface area (Å²) in [6.07, 6.45) is 1.76. The number of anilines is 1. The van der Waals surface area contributed by atoms with E-state index in [0.29, 0.717) is 12.8 Å². The van der Waals surface area contributed by atoms with Gasteiger partial charge in [-0.15, -0.1) is 0 Å². The number of aromatic nitrogens is 1. The fraction of sp³-hybridized carbons (Fsp3) is 0.500. The fourth-order valence-corrected chi connectivity index (χ4v) is 3.24. The van der Waals surface area contributed by atoms with Gasteiger partial charge in [0.15, 0.2) is 11.6 Å². The molecule has 1 aliphatic heterocycles. The van der Waals surface area contributed by atoms with Gasteiger partial charge in [-0.1, -0.05) is 0 Å². The van der Waals surface area contributed by atoms with E-state index in [4.69, 9.17) is 0 Å². The van der Waals surface area contributed by atoms with Gasteiger partial charge >= 0.3 is 0 Å². The van der Waals surface area contributed by atoms with Crippen molar-refractivity contribution in [2.24, 2.45) is 0 Å². The zero-order valence-electron chi connectivity index (χ0n) is 8.99. The van der Waals surface area contributed by atoms with E-state index in [9.17, 15) is 17.2 Å². The molecule has 1 fully saturated rings. The predicted octanol–water partition coefficient (Wildman–Crippen LogP) is 1.35. The standard InChI is InChI=1S/C10H12F2N2O2S/c11-7-5-9(12)10(13-6-7)14-8-1-3-17(15,16)4-2-8/h5-6,8H,1-4H2,(H,13,14). The molecule has 0 saturated carbocycles. The molecule has 1 aromatic rings. The molecular formula is C10H12F2N2O2S. The number of nitrogens with one attached hydrogen (secondary N) is 1. The Hall–Kier alpha value is -1.24. The number of hydrogen-bond acceptors (Lipinski definition) is 4. The molecule has 1 saturated heterocycles. The molecule has 1 aliphatic rings. The molecule has 94 valence electrons. The fourth-order valence-electron chi connectivity index (χ4n) is 1.75. The number of pyridine rings is 1. The molecule has 17 heavy (non-hydrogen) atoms. The van der Waals surface area contributed by atoms with Gasteiger partial charge in [-0.05, 0) is 12.8 Å². The predicted molar refractivity (Wildman–Crippen MR) is 59.5 cm³/mol. The lowest BCUT2D eigenvalue weighted by Gasteiger charge is -2.23. The van der Waals surface area contributed by atoms with Gasteiger partial charge in [0.1, 0.15) is 15.7 Å². The highest BCUT2D eigenvalue weighted by Crippen LogP contribution is 2.18. The smallest absolute Gasteiger partial charge is 0.168 e. The molecule has 4 nitrogen and oxygen atoms in total. The molecule has 2 heterocycles. The molecule has 7 heteroatoms. The lowest BCUT2D eigenvalue weighted by atomic mass is 10.1. The van der Waals surface area contributed by atoms with Crippen molar-refractivity contribution in [3.63, 3.8) is 0 Å². The maximum absolute atomic E-state index is 13.3. The Bertz CT molecular complexity index is 505. The van der Waals surface area contributed by atoms with Crippen LogP contribution in [-0.4, -0.2) is 30.9 Å². The Morgan fingerprint density at radius 3 is 2.53 bits per heavy atom. The largest absolute Gasteiger partial charge is 0.365 e. The third-order valence-corrected chi connectivity index (χ3v) is 4.42. The third kappa shape index (κ3) is 3.12. The van der Waals surface area contributed by atoms with Crippen LogP contribution in [-0.2, 0) is 9.84 Å². The maximum atomic E-state index is 13.3. The van der Waals surface area contributed by atoms with Crippen molar-refractivity contribution in [3.8, 4) is 0 Å². The van der Waals surface area contributed by atoms with Crippen molar-refractivity contribution in [2.75, 3.05) is 16.8 Å². The van der Waals surface area contributed by atoms with E-state index < -0.39 is 21.5 Å². The van der Waals surface area contributed by atoms with Gasteiger partial charge in [0.2, 0.25) is 0 Å². The van der Waals surface area contributed by atoms with E-state index in [0.717, 1.165) is 12.3 Å². The van der Waals surface area contributed by atoms with Crippen LogP contribution in [0.15, 0.2) is 12.3 Å². The summed E-state index contributed by atoms with van der Waals surface area (Å²) in [6, 6.07) is 0.612. The minimum absolute atomic E-state index is 0.0318. The van der Waals surface area contributed by atoms with Crippen LogP contribution in [0.25, 0.3) is 0 Å². The highest BCUT2D eigenvalue weighted by Gasteiger charge is 2.24. The normalized spacial score (nSPS) is 20.1. The molecule has 0 aliphatic carbocycles. The van der Waals surface area contributed by atoms with Crippen LogP contribution in [0.4, 0.5) is 14.6 Å². The van der Waals surface area contributed by atoms with Crippen molar-refractivity contribution < 1.29 is 17.2 Å². The first-order valence-corrected chi connectivity index (χ1v) is 7.06. The molecule has 2 rings (SSSR count). The Kier molecular flexibility index (Phi) is 3.28. The van der Waals surface area contributed by atoms with Crippen molar-refractivity contribution in [3.05, 3.63) is 23.9 Å². The Labute approximate surface area is 98.0 Å². The van der Waals surface area contributed by atoms with Crippen molar-refractivity contribution >= 4 is 15.7 Å². The molecule has 0 aromatic carbocycles. The first kappa shape index (κ1) is 12.2. The highest BCUT2D eigenvalue weighted by molar-refractivity contribution is 7.91. The molecule has 0 radical (unpaired) electrons. The van der Waals surface area contributed by atoms with E-state index >= 15 is 0 Å². The Morgan fingerprint density at radius 1 is 1.29 bits per heavy atom. The average molecular weight is 262 g/mol. The number of nitrogens with zero attached hydrogens (tertiary/aromatic N) is 1. The van der Waals surface area contributed by atoms with Gasteiger partial charge in [-0.2, -0.15) is 0 Å². The minimum atomic E-state index is -2.94. The second-order valence-corrected chi connectivity index (χ2v) is 6.36. The van der Waals surface area contributed by atoms with E-state index in [-0.39, 0.29) is 23.4 Å². The summed E-state index contributed by atoms with van der Waals surface area (Å²) < 4.78 is 48.3. The van der Waals surface area contributed by atoms with Crippen LogP contribution < -0.4 is 5.32 Å². The maximum Gasteiger partial charge on any atom is 0.168 e. The topological polar surface area (TPSA) is 59.1 Å². The lowest BCUT2D eigenvalue weighted by molar-refractivity contribution is 0.551. The van der Waals surface area contributed by atoms with Crippen LogP contribution in [0.1, 0.15) is 12.8 Å². The Balaban J connectivity index is 2.02. The van der Waals surface area contributed by atoms with Gasteiger partial charge in [-0.3, -0.25) is 0 Å². The second kappa shape index (κ2) is 4.56. The van der Waals surface area contributed by atoms with Gasteiger partial charge < -0.3 is 5.32 Å². The molecule has 0 bridgehead atoms. The van der Waals surface area contributed by atoms with Crippen LogP contribution in [0.3, 0.4) is 0 Å². The monoisotopic (exact) mass is 262 g/mol. The summed E-state index contributed by atoms with van der Waals surface area (Å²) in [4.78, 5) is 3.60. The van der Waals surface area contributed by atoms with Gasteiger partial charge in [0.25, 0.3) is 0 Å². The number of halogens is 2. The first-order valence-electron chi connectivity index (χ1n) is 5.24. The molecular weight excluding hydrogens is 250 g/mol. The summed E-state index contributed by atoms with van der Waals surface area (Å²) in [5, 5.41) is 2.80. The van der Waals surface area contributed by atoms with E-state index in [1.165, 1.54) is 0 Å². The minimum Gasteiger partial charge on any atom is -0.365 e. The second-order valence-electron chi connectivity index (χ2n) is 4.05. The lowest BCUT2D eigenvalue weighted by Crippen LogP contribution is -2.32. The zero-order chi connectivity index (χ0) is 12.5. The van der Waals surface area contributed by atoms with E-state index in [1.807, 2.05) is 0 Å². The number of sulfone groups is 1. The van der Waals surface area contributed by atoms with Crippen LogP contribution >= 0.6 is 0 Å². The van der Waals surface area contributed by atoms with Gasteiger partial charge in [0, 0.05) is 12.1 Å². The average Bonchev–Trinajstić information content (AvgIpc) is 2.25. The summed E-state index contributed by atoms with van der Waals surface area (Å²) in [5.41, 5.74) is 0. The van der Waals surface area contributed by atoms with Gasteiger partial charge in [0.05, 0.1) is 17.7 Å². The zero-order valence-corrected chi connectivity index (χ0v) is 9.80. The molecule has 0 amide bonds. The van der Waals surface area contributed by atoms with Crippen LogP contribution in [0, 0.1) is 11.6 Å². The molecule has 0 atom stereocenters. The van der Waals surface area contributed by atoms with Crippen molar-refractivity contribution in [1.29, 1.82) is 0 Å². The summed E-state index contributed by atoms with van der Waals surface area (Å²) >= 11 is 0. The third-order valence-electron chi connectivity index (χ3n) is 2.70. The van der Waals surface area contributed by atoms with E-state index in [1.54, 1.807) is 0 Å². The molecule has 1 N–H and O–H groups in total.